The van der Waals surface area contributed by atoms with Gasteiger partial charge in [-0.3, -0.25) is 0 Å². The lowest BCUT2D eigenvalue weighted by molar-refractivity contribution is 0.381. The number of nitriles is 1. The van der Waals surface area contributed by atoms with Gasteiger partial charge in [0, 0.05) is 24.7 Å². The monoisotopic (exact) mass is 217 g/mol. The lowest BCUT2D eigenvalue weighted by atomic mass is 9.81. The van der Waals surface area contributed by atoms with Gasteiger partial charge in [0.15, 0.2) is 0 Å². The van der Waals surface area contributed by atoms with Crippen LogP contribution in [0.2, 0.25) is 0 Å². The third kappa shape index (κ3) is 3.30. The van der Waals surface area contributed by atoms with Crippen LogP contribution in [-0.2, 0) is 0 Å². The third-order valence-corrected chi connectivity index (χ3v) is 3.07. The van der Waals surface area contributed by atoms with Crippen LogP contribution in [0.25, 0.3) is 0 Å². The van der Waals surface area contributed by atoms with E-state index in [2.05, 4.69) is 29.9 Å². The van der Waals surface area contributed by atoms with E-state index in [9.17, 15) is 0 Å². The zero-order valence-corrected chi connectivity index (χ0v) is 10.1. The SMILES string of the molecule is CCCC(CC)C(CC#N)c1cncnc1. The van der Waals surface area contributed by atoms with E-state index in [0.29, 0.717) is 12.3 Å². The summed E-state index contributed by atoms with van der Waals surface area (Å²) in [4.78, 5) is 8.09. The van der Waals surface area contributed by atoms with Crippen LogP contribution < -0.4 is 0 Å². The van der Waals surface area contributed by atoms with Crippen molar-refractivity contribution < 1.29 is 0 Å². The molecule has 0 aliphatic heterocycles. The first-order chi connectivity index (χ1) is 7.83. The second-order valence-electron chi connectivity index (χ2n) is 4.10. The topological polar surface area (TPSA) is 49.6 Å². The van der Waals surface area contributed by atoms with E-state index in [4.69, 9.17) is 5.26 Å². The third-order valence-electron chi connectivity index (χ3n) is 3.07. The summed E-state index contributed by atoms with van der Waals surface area (Å²) < 4.78 is 0. The van der Waals surface area contributed by atoms with Crippen LogP contribution in [0.3, 0.4) is 0 Å². The molecule has 1 rings (SSSR count). The van der Waals surface area contributed by atoms with Gasteiger partial charge in [-0.1, -0.05) is 33.1 Å². The van der Waals surface area contributed by atoms with Gasteiger partial charge in [0.05, 0.1) is 6.07 Å². The van der Waals surface area contributed by atoms with E-state index in [-0.39, 0.29) is 5.92 Å². The van der Waals surface area contributed by atoms with Gasteiger partial charge in [0.2, 0.25) is 0 Å². The molecule has 0 amide bonds. The highest BCUT2D eigenvalue weighted by Gasteiger charge is 2.21. The molecular weight excluding hydrogens is 198 g/mol. The maximum atomic E-state index is 8.92. The number of hydrogen-bond acceptors (Lipinski definition) is 3. The van der Waals surface area contributed by atoms with Gasteiger partial charge in [0.25, 0.3) is 0 Å². The fourth-order valence-corrected chi connectivity index (χ4v) is 2.22. The minimum Gasteiger partial charge on any atom is -0.245 e. The van der Waals surface area contributed by atoms with Gasteiger partial charge >= 0.3 is 0 Å². The molecule has 0 fully saturated rings. The lowest BCUT2D eigenvalue weighted by Gasteiger charge is -2.23. The molecule has 0 saturated carbocycles. The van der Waals surface area contributed by atoms with Crippen molar-refractivity contribution in [1.82, 2.24) is 9.97 Å². The number of hydrogen-bond donors (Lipinski definition) is 0. The van der Waals surface area contributed by atoms with Gasteiger partial charge in [-0.15, -0.1) is 0 Å². The molecule has 0 bridgehead atoms. The first-order valence-corrected chi connectivity index (χ1v) is 5.95. The average molecular weight is 217 g/mol. The van der Waals surface area contributed by atoms with E-state index in [1.807, 2.05) is 12.4 Å². The zero-order chi connectivity index (χ0) is 11.8. The summed E-state index contributed by atoms with van der Waals surface area (Å²) in [5, 5.41) is 8.92. The highest BCUT2D eigenvalue weighted by molar-refractivity contribution is 5.13. The van der Waals surface area contributed by atoms with E-state index < -0.39 is 0 Å². The van der Waals surface area contributed by atoms with Crippen LogP contribution in [0.1, 0.15) is 51.0 Å². The zero-order valence-electron chi connectivity index (χ0n) is 10.1. The Morgan fingerprint density at radius 1 is 1.31 bits per heavy atom. The molecule has 86 valence electrons. The molecule has 1 aromatic rings. The standard InChI is InChI=1S/C13H19N3/c1-3-5-11(4-2)13(6-7-14)12-8-15-10-16-9-12/h8-11,13H,3-6H2,1-2H3. The Hall–Kier alpha value is -1.43. The van der Waals surface area contributed by atoms with Crippen LogP contribution in [0, 0.1) is 17.2 Å². The molecule has 0 aromatic carbocycles. The summed E-state index contributed by atoms with van der Waals surface area (Å²) in [6.07, 6.45) is 9.21. The summed E-state index contributed by atoms with van der Waals surface area (Å²) in [5.74, 6) is 0.854. The van der Waals surface area contributed by atoms with Crippen molar-refractivity contribution in [3.05, 3.63) is 24.3 Å². The van der Waals surface area contributed by atoms with E-state index >= 15 is 0 Å². The molecule has 0 spiro atoms. The predicted octanol–water partition coefficient (Wildman–Crippen LogP) is 3.30. The fourth-order valence-electron chi connectivity index (χ4n) is 2.22. The quantitative estimate of drug-likeness (QED) is 0.734. The van der Waals surface area contributed by atoms with Crippen LogP contribution in [0.15, 0.2) is 18.7 Å². The second kappa shape index (κ2) is 6.95. The molecule has 0 saturated heterocycles. The van der Waals surface area contributed by atoms with Gasteiger partial charge in [-0.05, 0) is 11.5 Å². The second-order valence-corrected chi connectivity index (χ2v) is 4.10. The van der Waals surface area contributed by atoms with Crippen molar-refractivity contribution in [1.29, 1.82) is 5.26 Å². The van der Waals surface area contributed by atoms with Gasteiger partial charge in [-0.2, -0.15) is 5.26 Å². The minimum atomic E-state index is 0.288. The molecule has 2 unspecified atom stereocenters. The Labute approximate surface area is 97.5 Å². The normalized spacial score (nSPS) is 14.1. The molecule has 1 heterocycles. The number of nitrogens with zero attached hydrogens (tertiary/aromatic N) is 3. The fraction of sp³-hybridized carbons (Fsp3) is 0.615. The summed E-state index contributed by atoms with van der Waals surface area (Å²) in [7, 11) is 0. The molecule has 3 heteroatoms. The summed E-state index contributed by atoms with van der Waals surface area (Å²) in [5.41, 5.74) is 1.10. The first-order valence-electron chi connectivity index (χ1n) is 5.95. The molecule has 1 aromatic heterocycles. The highest BCUT2D eigenvalue weighted by Crippen LogP contribution is 2.32. The number of rotatable bonds is 6. The van der Waals surface area contributed by atoms with Crippen LogP contribution in [0.5, 0.6) is 0 Å². The lowest BCUT2D eigenvalue weighted by Crippen LogP contribution is -2.12. The predicted molar refractivity (Wildman–Crippen MR) is 63.7 cm³/mol. The van der Waals surface area contributed by atoms with Crippen LogP contribution in [-0.4, -0.2) is 9.97 Å². The van der Waals surface area contributed by atoms with Crippen molar-refractivity contribution in [3.63, 3.8) is 0 Å². The first kappa shape index (κ1) is 12.6. The Kier molecular flexibility index (Phi) is 5.49. The summed E-state index contributed by atoms with van der Waals surface area (Å²) >= 11 is 0. The Balaban J connectivity index is 2.85. The van der Waals surface area contributed by atoms with Gasteiger partial charge < -0.3 is 0 Å². The maximum absolute atomic E-state index is 8.92. The van der Waals surface area contributed by atoms with Crippen LogP contribution >= 0.6 is 0 Å². The molecule has 16 heavy (non-hydrogen) atoms. The molecule has 0 N–H and O–H groups in total. The van der Waals surface area contributed by atoms with Crippen molar-refractivity contribution in [2.45, 2.75) is 45.4 Å². The Morgan fingerprint density at radius 3 is 2.50 bits per heavy atom. The number of aromatic nitrogens is 2. The van der Waals surface area contributed by atoms with Crippen molar-refractivity contribution >= 4 is 0 Å². The molecule has 0 radical (unpaired) electrons. The van der Waals surface area contributed by atoms with Crippen LogP contribution in [0.4, 0.5) is 0 Å². The highest BCUT2D eigenvalue weighted by atomic mass is 14.8. The van der Waals surface area contributed by atoms with Crippen molar-refractivity contribution in [3.8, 4) is 6.07 Å². The Bertz CT molecular complexity index is 329. The minimum absolute atomic E-state index is 0.288. The van der Waals surface area contributed by atoms with Gasteiger partial charge in [-0.25, -0.2) is 9.97 Å². The molecular formula is C13H19N3. The molecule has 3 nitrogen and oxygen atoms in total. The Morgan fingerprint density at radius 2 is 2.00 bits per heavy atom. The van der Waals surface area contributed by atoms with E-state index in [1.54, 1.807) is 0 Å². The molecule has 2 atom stereocenters. The van der Waals surface area contributed by atoms with Gasteiger partial charge in [0.1, 0.15) is 6.33 Å². The van der Waals surface area contributed by atoms with E-state index in [1.165, 1.54) is 6.33 Å². The summed E-state index contributed by atoms with van der Waals surface area (Å²) in [6.45, 7) is 4.38. The van der Waals surface area contributed by atoms with Crippen molar-refractivity contribution in [2.75, 3.05) is 0 Å². The smallest absolute Gasteiger partial charge is 0.115 e. The van der Waals surface area contributed by atoms with Crippen molar-refractivity contribution in [2.24, 2.45) is 5.92 Å². The van der Waals surface area contributed by atoms with E-state index in [0.717, 1.165) is 24.8 Å². The maximum Gasteiger partial charge on any atom is 0.115 e. The summed E-state index contributed by atoms with van der Waals surface area (Å²) in [6, 6.07) is 2.28. The largest absolute Gasteiger partial charge is 0.245 e. The molecule has 0 aliphatic rings. The average Bonchev–Trinajstić information content (AvgIpc) is 2.35. The molecule has 0 aliphatic carbocycles.